The molecule has 8 nitrogen and oxygen atoms in total. The van der Waals surface area contributed by atoms with Crippen LogP contribution in [0, 0.1) is 18.3 Å². The number of carbonyl (C=O) groups excluding carboxylic acids is 1. The Morgan fingerprint density at radius 2 is 2.25 bits per heavy atom. The summed E-state index contributed by atoms with van der Waals surface area (Å²) in [4.78, 5) is 17.6. The van der Waals surface area contributed by atoms with Crippen molar-refractivity contribution in [2.24, 2.45) is 0 Å². The molecule has 2 aromatic heterocycles. The summed E-state index contributed by atoms with van der Waals surface area (Å²) in [6.07, 6.45) is 0.806. The fraction of sp³-hybridized carbons (Fsp3) is 0.368. The second-order valence-electron chi connectivity index (χ2n) is 6.65. The number of hydrogen-bond acceptors (Lipinski definition) is 5. The number of benzene rings is 1. The zero-order valence-corrected chi connectivity index (χ0v) is 16.5. The molecule has 3 aromatic rings. The van der Waals surface area contributed by atoms with E-state index in [0.717, 1.165) is 11.9 Å². The molecule has 1 aliphatic heterocycles. The maximum atomic E-state index is 13.0. The molecule has 0 fully saturated rings. The Morgan fingerprint density at radius 3 is 2.93 bits per heavy atom. The van der Waals surface area contributed by atoms with E-state index >= 15 is 0 Å². The van der Waals surface area contributed by atoms with Gasteiger partial charge < -0.3 is 9.30 Å². The fourth-order valence-electron chi connectivity index (χ4n) is 3.54. The number of amides is 1. The van der Waals surface area contributed by atoms with Crippen molar-refractivity contribution < 1.29 is 9.53 Å². The maximum Gasteiger partial charge on any atom is 0.277 e. The number of nitriles is 1. The van der Waals surface area contributed by atoms with Gasteiger partial charge in [-0.15, -0.1) is 0 Å². The molecule has 4 rings (SSSR count). The van der Waals surface area contributed by atoms with Crippen molar-refractivity contribution in [3.05, 3.63) is 34.1 Å². The third-order valence-electron chi connectivity index (χ3n) is 4.94. The van der Waals surface area contributed by atoms with Crippen LogP contribution in [0.25, 0.3) is 11.0 Å². The average molecular weight is 399 g/mol. The van der Waals surface area contributed by atoms with E-state index in [1.165, 1.54) is 0 Å². The monoisotopic (exact) mass is 398 g/mol. The molecule has 1 atom stereocenters. The first-order chi connectivity index (χ1) is 13.5. The van der Waals surface area contributed by atoms with E-state index in [9.17, 15) is 10.1 Å². The minimum absolute atomic E-state index is 0.0222. The van der Waals surface area contributed by atoms with Crippen molar-refractivity contribution in [2.75, 3.05) is 11.9 Å². The number of anilines is 1. The van der Waals surface area contributed by atoms with Crippen molar-refractivity contribution in [3.63, 3.8) is 0 Å². The molecule has 1 aromatic carbocycles. The maximum absolute atomic E-state index is 13.0. The molecule has 3 heterocycles. The Balaban J connectivity index is 1.83. The molecule has 9 heteroatoms. The number of aryl methyl sites for hydroxylation is 2. The van der Waals surface area contributed by atoms with Crippen LogP contribution in [-0.2, 0) is 6.54 Å². The van der Waals surface area contributed by atoms with Crippen LogP contribution in [0.4, 0.5) is 5.95 Å². The summed E-state index contributed by atoms with van der Waals surface area (Å²) < 4.78 is 9.39. The Morgan fingerprint density at radius 1 is 1.46 bits per heavy atom. The van der Waals surface area contributed by atoms with E-state index in [-0.39, 0.29) is 11.9 Å². The van der Waals surface area contributed by atoms with Gasteiger partial charge in [-0.1, -0.05) is 18.5 Å². The van der Waals surface area contributed by atoms with Crippen LogP contribution in [0.5, 0.6) is 5.75 Å². The molecule has 144 valence electrons. The van der Waals surface area contributed by atoms with Gasteiger partial charge in [-0.05, 0) is 26.3 Å². The number of imidazole rings is 1. The molecule has 28 heavy (non-hydrogen) atoms. The lowest BCUT2D eigenvalue weighted by Gasteiger charge is -2.26. The highest BCUT2D eigenvalue weighted by Gasteiger charge is 2.29. The van der Waals surface area contributed by atoms with Gasteiger partial charge in [0.15, 0.2) is 0 Å². The highest BCUT2D eigenvalue weighted by atomic mass is 35.5. The molecule has 0 unspecified atom stereocenters. The summed E-state index contributed by atoms with van der Waals surface area (Å²) in [5.41, 5.74) is 2.75. The van der Waals surface area contributed by atoms with Gasteiger partial charge in [0.2, 0.25) is 5.95 Å². The van der Waals surface area contributed by atoms with Gasteiger partial charge in [-0.25, -0.2) is 4.98 Å². The second kappa shape index (κ2) is 6.84. The first-order valence-corrected chi connectivity index (χ1v) is 9.49. The average Bonchev–Trinajstić information content (AvgIpc) is 3.20. The van der Waals surface area contributed by atoms with Crippen LogP contribution < -0.4 is 10.1 Å². The topological polar surface area (TPSA) is 97.8 Å². The lowest BCUT2D eigenvalue weighted by Crippen LogP contribution is -2.25. The number of rotatable bonds is 4. The van der Waals surface area contributed by atoms with E-state index < -0.39 is 0 Å². The molecule has 0 saturated carbocycles. The Kier molecular flexibility index (Phi) is 4.47. The summed E-state index contributed by atoms with van der Waals surface area (Å²) in [6, 6.07) is 5.53. The van der Waals surface area contributed by atoms with Gasteiger partial charge in [0, 0.05) is 12.6 Å². The largest absolute Gasteiger partial charge is 0.489 e. The van der Waals surface area contributed by atoms with E-state index in [1.807, 2.05) is 18.4 Å². The lowest BCUT2D eigenvalue weighted by atomic mass is 10.1. The molecular formula is C19H19ClN6O2. The van der Waals surface area contributed by atoms with Gasteiger partial charge >= 0.3 is 0 Å². The van der Waals surface area contributed by atoms with E-state index in [0.29, 0.717) is 52.3 Å². The van der Waals surface area contributed by atoms with Gasteiger partial charge in [0.25, 0.3) is 5.91 Å². The van der Waals surface area contributed by atoms with Crippen molar-refractivity contribution in [1.29, 1.82) is 5.26 Å². The molecule has 0 saturated heterocycles. The first-order valence-electron chi connectivity index (χ1n) is 9.11. The third kappa shape index (κ3) is 2.70. The summed E-state index contributed by atoms with van der Waals surface area (Å²) in [7, 11) is 0. The van der Waals surface area contributed by atoms with E-state index in [1.54, 1.807) is 23.7 Å². The third-order valence-corrected chi connectivity index (χ3v) is 5.39. The van der Waals surface area contributed by atoms with Gasteiger partial charge in [0.05, 0.1) is 33.9 Å². The van der Waals surface area contributed by atoms with Gasteiger partial charge in [-0.3, -0.25) is 14.8 Å². The molecule has 1 amide bonds. The predicted molar refractivity (Wildman–Crippen MR) is 105 cm³/mol. The zero-order chi connectivity index (χ0) is 20.0. The highest BCUT2D eigenvalue weighted by molar-refractivity contribution is 6.34. The number of nitrogens with zero attached hydrogens (tertiary/aromatic N) is 5. The van der Waals surface area contributed by atoms with Crippen LogP contribution in [0.2, 0.25) is 5.02 Å². The molecule has 0 spiro atoms. The van der Waals surface area contributed by atoms with Gasteiger partial charge in [0.1, 0.15) is 23.6 Å². The van der Waals surface area contributed by atoms with Crippen LogP contribution >= 0.6 is 11.6 Å². The quantitative estimate of drug-likeness (QED) is 0.722. The second-order valence-corrected chi connectivity index (χ2v) is 7.03. The number of halogens is 1. The summed E-state index contributed by atoms with van der Waals surface area (Å²) in [6.45, 7) is 6.67. The molecule has 0 aliphatic carbocycles. The van der Waals surface area contributed by atoms with Crippen LogP contribution in [0.1, 0.15) is 48.1 Å². The van der Waals surface area contributed by atoms with E-state index in [2.05, 4.69) is 21.5 Å². The number of ether oxygens (including phenoxy) is 1. The normalized spacial score (nSPS) is 15.3. The Hall–Kier alpha value is -3.05. The van der Waals surface area contributed by atoms with Gasteiger partial charge in [-0.2, -0.15) is 10.4 Å². The predicted octanol–water partition coefficient (Wildman–Crippen LogP) is 3.68. The number of carbonyl (C=O) groups is 1. The van der Waals surface area contributed by atoms with Crippen molar-refractivity contribution in [3.8, 4) is 11.8 Å². The fourth-order valence-corrected chi connectivity index (χ4v) is 3.76. The highest BCUT2D eigenvalue weighted by Crippen LogP contribution is 2.38. The zero-order valence-electron chi connectivity index (χ0n) is 15.8. The first kappa shape index (κ1) is 18.3. The van der Waals surface area contributed by atoms with Crippen molar-refractivity contribution in [2.45, 2.75) is 39.8 Å². The molecule has 0 radical (unpaired) electrons. The van der Waals surface area contributed by atoms with Crippen molar-refractivity contribution >= 4 is 34.5 Å². The van der Waals surface area contributed by atoms with Crippen LogP contribution in [0.3, 0.4) is 0 Å². The smallest absolute Gasteiger partial charge is 0.277 e. The number of hydrogen-bond donors (Lipinski definition) is 1. The Labute approximate surface area is 166 Å². The number of nitrogens with one attached hydrogen (secondary N) is 1. The molecule has 0 bridgehead atoms. The minimum atomic E-state index is -0.373. The SMILES string of the molecule is CC[C@H]1COc2cc(C#N)cc3nc(NC(=O)c4c(Cl)c(C)nn4CC)n1c23. The standard InChI is InChI=1S/C19H19ClN6O2/c1-4-12-9-28-14-7-11(8-21)6-13-16(14)26(12)19(22-13)23-18(27)17-15(20)10(3)24-25(17)5-2/h6-7,12H,4-5,9H2,1-3H3,(H,22,23,27)/t12-/m0/s1. The molecular weight excluding hydrogens is 380 g/mol. The summed E-state index contributed by atoms with van der Waals surface area (Å²) in [5.74, 6) is 0.630. The summed E-state index contributed by atoms with van der Waals surface area (Å²) >= 11 is 6.31. The lowest BCUT2D eigenvalue weighted by molar-refractivity contribution is 0.101. The van der Waals surface area contributed by atoms with Crippen LogP contribution in [-0.4, -0.2) is 31.8 Å². The van der Waals surface area contributed by atoms with Crippen LogP contribution in [0.15, 0.2) is 12.1 Å². The molecule has 1 aliphatic rings. The molecule has 1 N–H and O–H groups in total. The van der Waals surface area contributed by atoms with Crippen molar-refractivity contribution in [1.82, 2.24) is 19.3 Å². The number of aromatic nitrogens is 4. The minimum Gasteiger partial charge on any atom is -0.489 e. The van der Waals surface area contributed by atoms with E-state index in [4.69, 9.17) is 16.3 Å². The summed E-state index contributed by atoms with van der Waals surface area (Å²) in [5, 5.41) is 16.8. The Bertz CT molecular complexity index is 1140.